The summed E-state index contributed by atoms with van der Waals surface area (Å²) in [6.45, 7) is 2.24. The molecule has 0 rings (SSSR count). The smallest absolute Gasteiger partial charge is 0.236 e. The van der Waals surface area contributed by atoms with Crippen molar-refractivity contribution in [1.29, 1.82) is 0 Å². The quantitative estimate of drug-likeness (QED) is 0.433. The van der Waals surface area contributed by atoms with E-state index >= 15 is 0 Å². The lowest BCUT2D eigenvalue weighted by Gasteiger charge is -2.08. The van der Waals surface area contributed by atoms with Crippen LogP contribution in [0.3, 0.4) is 0 Å². The van der Waals surface area contributed by atoms with Crippen LogP contribution in [-0.2, 0) is 4.79 Å². The van der Waals surface area contributed by atoms with E-state index in [9.17, 15) is 4.79 Å². The lowest BCUT2D eigenvalue weighted by atomic mass is 10.3. The molecule has 0 aliphatic carbocycles. The van der Waals surface area contributed by atoms with E-state index in [0.717, 1.165) is 0 Å². The summed E-state index contributed by atoms with van der Waals surface area (Å²) in [4.78, 5) is 10.3. The molecule has 1 amide bonds. The van der Waals surface area contributed by atoms with Crippen molar-refractivity contribution < 1.29 is 9.90 Å². The number of primary amides is 1. The third-order valence-electron chi connectivity index (χ3n) is 0.977. The van der Waals surface area contributed by atoms with Gasteiger partial charge in [0.25, 0.3) is 0 Å². The van der Waals surface area contributed by atoms with Crippen molar-refractivity contribution in [3.63, 3.8) is 0 Å². The number of hydrogen-bond acceptors (Lipinski definition) is 3. The highest BCUT2D eigenvalue weighted by Crippen LogP contribution is 1.76. The lowest BCUT2D eigenvalue weighted by molar-refractivity contribution is -0.120. The number of aliphatic hydroxyl groups excluding tert-OH is 1. The SMILES string of the molecule is CCN[C@@H](CO)C(N)=O. The lowest BCUT2D eigenvalue weighted by Crippen LogP contribution is -2.43. The Morgan fingerprint density at radius 2 is 2.44 bits per heavy atom. The van der Waals surface area contributed by atoms with Crippen molar-refractivity contribution in [2.24, 2.45) is 5.73 Å². The van der Waals surface area contributed by atoms with Crippen LogP contribution in [0.5, 0.6) is 0 Å². The number of carbonyl (C=O) groups is 1. The van der Waals surface area contributed by atoms with Crippen LogP contribution in [0.25, 0.3) is 0 Å². The van der Waals surface area contributed by atoms with E-state index in [4.69, 9.17) is 10.8 Å². The first-order chi connectivity index (χ1) is 4.22. The van der Waals surface area contributed by atoms with Crippen LogP contribution < -0.4 is 11.1 Å². The Morgan fingerprint density at radius 3 is 2.56 bits per heavy atom. The van der Waals surface area contributed by atoms with Crippen LogP contribution >= 0.6 is 0 Å². The van der Waals surface area contributed by atoms with Crippen molar-refractivity contribution in [3.05, 3.63) is 0 Å². The van der Waals surface area contributed by atoms with Gasteiger partial charge in [-0.15, -0.1) is 0 Å². The van der Waals surface area contributed by atoms with Crippen LogP contribution in [0.1, 0.15) is 6.92 Å². The minimum Gasteiger partial charge on any atom is -0.394 e. The summed E-state index contributed by atoms with van der Waals surface area (Å²) in [6, 6.07) is -0.588. The van der Waals surface area contributed by atoms with E-state index in [1.54, 1.807) is 0 Å². The van der Waals surface area contributed by atoms with Crippen LogP contribution in [0.15, 0.2) is 0 Å². The van der Waals surface area contributed by atoms with Gasteiger partial charge < -0.3 is 16.2 Å². The minimum atomic E-state index is -0.588. The summed E-state index contributed by atoms with van der Waals surface area (Å²) in [6.07, 6.45) is 0. The third-order valence-corrected chi connectivity index (χ3v) is 0.977. The summed E-state index contributed by atoms with van der Waals surface area (Å²) in [5.74, 6) is -0.514. The summed E-state index contributed by atoms with van der Waals surface area (Å²) in [5.41, 5.74) is 4.87. The summed E-state index contributed by atoms with van der Waals surface area (Å²) in [7, 11) is 0. The monoisotopic (exact) mass is 132 g/mol. The second kappa shape index (κ2) is 4.29. The normalized spacial score (nSPS) is 13.1. The molecule has 0 saturated carbocycles. The molecule has 54 valence electrons. The first-order valence-electron chi connectivity index (χ1n) is 2.86. The van der Waals surface area contributed by atoms with Gasteiger partial charge >= 0.3 is 0 Å². The maximum atomic E-state index is 10.3. The average molecular weight is 132 g/mol. The number of likely N-dealkylation sites (N-methyl/N-ethyl adjacent to an activating group) is 1. The van der Waals surface area contributed by atoms with Gasteiger partial charge in [-0.2, -0.15) is 0 Å². The molecular formula is C5H12N2O2. The third kappa shape index (κ3) is 3.05. The van der Waals surface area contributed by atoms with E-state index in [1.165, 1.54) is 0 Å². The van der Waals surface area contributed by atoms with Crippen LogP contribution in [0.4, 0.5) is 0 Å². The van der Waals surface area contributed by atoms with Gasteiger partial charge in [-0.25, -0.2) is 0 Å². The van der Waals surface area contributed by atoms with Gasteiger partial charge in [-0.05, 0) is 6.54 Å². The van der Waals surface area contributed by atoms with Gasteiger partial charge in [-0.1, -0.05) is 6.92 Å². The molecule has 0 heterocycles. The van der Waals surface area contributed by atoms with E-state index < -0.39 is 11.9 Å². The molecule has 4 N–H and O–H groups in total. The van der Waals surface area contributed by atoms with E-state index in [0.29, 0.717) is 6.54 Å². The largest absolute Gasteiger partial charge is 0.394 e. The predicted octanol–water partition coefficient (Wildman–Crippen LogP) is -1.56. The molecule has 0 aromatic rings. The average Bonchev–Trinajstić information content (AvgIpc) is 1.82. The first-order valence-corrected chi connectivity index (χ1v) is 2.86. The second-order valence-corrected chi connectivity index (χ2v) is 1.70. The van der Waals surface area contributed by atoms with Gasteiger partial charge in [0, 0.05) is 0 Å². The molecule has 0 aliphatic rings. The molecule has 0 aromatic heterocycles. The predicted molar refractivity (Wildman–Crippen MR) is 33.7 cm³/mol. The highest BCUT2D eigenvalue weighted by Gasteiger charge is 2.10. The van der Waals surface area contributed by atoms with Crippen LogP contribution in [0.2, 0.25) is 0 Å². The van der Waals surface area contributed by atoms with Gasteiger partial charge in [0.2, 0.25) is 5.91 Å². The second-order valence-electron chi connectivity index (χ2n) is 1.70. The molecule has 0 radical (unpaired) electrons. The molecule has 4 nitrogen and oxygen atoms in total. The fourth-order valence-corrected chi connectivity index (χ4v) is 0.502. The maximum Gasteiger partial charge on any atom is 0.236 e. The molecule has 0 unspecified atom stereocenters. The summed E-state index contributed by atoms with van der Waals surface area (Å²) < 4.78 is 0. The zero-order valence-electron chi connectivity index (χ0n) is 5.42. The van der Waals surface area contributed by atoms with E-state index in [-0.39, 0.29) is 6.61 Å². The molecule has 0 saturated heterocycles. The Kier molecular flexibility index (Phi) is 4.00. The highest BCUT2D eigenvalue weighted by molar-refractivity contribution is 5.79. The standard InChI is InChI=1S/C5H12N2O2/c1-2-7-4(3-8)5(6)9/h4,7-8H,2-3H2,1H3,(H2,6,9)/t4-/m0/s1. The number of aliphatic hydroxyl groups is 1. The molecule has 0 bridgehead atoms. The topological polar surface area (TPSA) is 75.3 Å². The van der Waals surface area contributed by atoms with E-state index in [1.807, 2.05) is 6.92 Å². The number of rotatable bonds is 4. The number of nitrogens with two attached hydrogens (primary N) is 1. The molecule has 0 fully saturated rings. The Balaban J connectivity index is 3.54. The minimum absolute atomic E-state index is 0.233. The van der Waals surface area contributed by atoms with Crippen molar-refractivity contribution in [1.82, 2.24) is 5.32 Å². The molecule has 0 aliphatic heterocycles. The fourth-order valence-electron chi connectivity index (χ4n) is 0.502. The Hall–Kier alpha value is -0.610. The maximum absolute atomic E-state index is 10.3. The number of amides is 1. The number of nitrogens with one attached hydrogen (secondary N) is 1. The Bertz CT molecular complexity index is 95.0. The molecule has 0 aromatic carbocycles. The van der Waals surface area contributed by atoms with Gasteiger partial charge in [-0.3, -0.25) is 4.79 Å². The Labute approximate surface area is 54.0 Å². The van der Waals surface area contributed by atoms with Gasteiger partial charge in [0.15, 0.2) is 0 Å². The van der Waals surface area contributed by atoms with E-state index in [2.05, 4.69) is 5.32 Å². The molecule has 1 atom stereocenters. The van der Waals surface area contributed by atoms with Crippen molar-refractivity contribution in [2.45, 2.75) is 13.0 Å². The van der Waals surface area contributed by atoms with Gasteiger partial charge in [0.1, 0.15) is 6.04 Å². The summed E-state index contributed by atoms with van der Waals surface area (Å²) >= 11 is 0. The van der Waals surface area contributed by atoms with Gasteiger partial charge in [0.05, 0.1) is 6.61 Å². The molecule has 0 spiro atoms. The number of carbonyl (C=O) groups excluding carboxylic acids is 1. The first kappa shape index (κ1) is 8.39. The zero-order chi connectivity index (χ0) is 7.28. The molecular weight excluding hydrogens is 120 g/mol. The number of hydrogen-bond donors (Lipinski definition) is 3. The van der Waals surface area contributed by atoms with Crippen molar-refractivity contribution in [2.75, 3.05) is 13.2 Å². The zero-order valence-corrected chi connectivity index (χ0v) is 5.42. The highest BCUT2D eigenvalue weighted by atomic mass is 16.3. The summed E-state index contributed by atoms with van der Waals surface area (Å²) in [5, 5.41) is 11.2. The van der Waals surface area contributed by atoms with Crippen LogP contribution in [0, 0.1) is 0 Å². The van der Waals surface area contributed by atoms with Crippen molar-refractivity contribution in [3.8, 4) is 0 Å². The van der Waals surface area contributed by atoms with Crippen LogP contribution in [-0.4, -0.2) is 30.2 Å². The Morgan fingerprint density at radius 1 is 1.89 bits per heavy atom. The fraction of sp³-hybridized carbons (Fsp3) is 0.800. The van der Waals surface area contributed by atoms with Crippen molar-refractivity contribution >= 4 is 5.91 Å². The molecule has 9 heavy (non-hydrogen) atoms. The molecule has 4 heteroatoms.